The minimum Gasteiger partial charge on any atom is -0.318 e. The summed E-state index contributed by atoms with van der Waals surface area (Å²) in [6.45, 7) is 1.75. The molecule has 3 aliphatic rings. The lowest BCUT2D eigenvalue weighted by Gasteiger charge is -2.48. The van der Waals surface area contributed by atoms with Crippen LogP contribution < -0.4 is 5.32 Å². The fourth-order valence-electron chi connectivity index (χ4n) is 4.38. The van der Waals surface area contributed by atoms with Gasteiger partial charge in [-0.1, -0.05) is 19.3 Å². The molecule has 1 saturated carbocycles. The van der Waals surface area contributed by atoms with E-state index in [4.69, 9.17) is 0 Å². The van der Waals surface area contributed by atoms with Crippen molar-refractivity contribution in [3.8, 4) is 0 Å². The van der Waals surface area contributed by atoms with Gasteiger partial charge in [-0.3, -0.25) is 15.1 Å². The molecule has 1 saturated heterocycles. The first-order valence-corrected chi connectivity index (χ1v) is 7.82. The Morgan fingerprint density at radius 3 is 3.00 bits per heavy atom. The van der Waals surface area contributed by atoms with E-state index in [1.165, 1.54) is 32.1 Å². The van der Waals surface area contributed by atoms with Gasteiger partial charge >= 0.3 is 0 Å². The predicted molar refractivity (Wildman–Crippen MR) is 76.3 cm³/mol. The molecule has 20 heavy (non-hydrogen) atoms. The van der Waals surface area contributed by atoms with Gasteiger partial charge < -0.3 is 4.90 Å². The highest BCUT2D eigenvalue weighted by molar-refractivity contribution is 5.97. The first kappa shape index (κ1) is 12.3. The molecule has 106 valence electrons. The van der Waals surface area contributed by atoms with Crippen LogP contribution in [-0.2, 0) is 6.42 Å². The van der Waals surface area contributed by atoms with Crippen LogP contribution in [0.4, 0.5) is 0 Å². The van der Waals surface area contributed by atoms with Gasteiger partial charge in [0.2, 0.25) is 0 Å². The van der Waals surface area contributed by atoms with Crippen molar-refractivity contribution in [2.45, 2.75) is 44.2 Å². The summed E-state index contributed by atoms with van der Waals surface area (Å²) in [5, 5.41) is 3.68. The third-order valence-electron chi connectivity index (χ3n) is 5.33. The zero-order chi connectivity index (χ0) is 13.6. The Morgan fingerprint density at radius 1 is 1.30 bits per heavy atom. The molecule has 4 rings (SSSR count). The number of carbonyl (C=O) groups is 1. The smallest absolute Gasteiger partial charge is 0.257 e. The van der Waals surface area contributed by atoms with Crippen LogP contribution in [0.1, 0.15) is 48.2 Å². The van der Waals surface area contributed by atoms with E-state index in [0.717, 1.165) is 30.8 Å². The number of pyridine rings is 1. The van der Waals surface area contributed by atoms with Crippen molar-refractivity contribution in [2.75, 3.05) is 13.1 Å². The van der Waals surface area contributed by atoms with Gasteiger partial charge in [0.15, 0.2) is 0 Å². The van der Waals surface area contributed by atoms with Crippen molar-refractivity contribution >= 4 is 5.91 Å². The zero-order valence-corrected chi connectivity index (χ0v) is 11.8. The maximum atomic E-state index is 12.8. The van der Waals surface area contributed by atoms with Crippen LogP contribution in [0.2, 0.25) is 0 Å². The lowest BCUT2D eigenvalue weighted by atomic mass is 9.75. The molecule has 0 bridgehead atoms. The molecule has 3 heterocycles. The van der Waals surface area contributed by atoms with Crippen molar-refractivity contribution in [3.63, 3.8) is 0 Å². The lowest BCUT2D eigenvalue weighted by Crippen LogP contribution is -2.63. The number of hydrogen-bond donors (Lipinski definition) is 1. The highest BCUT2D eigenvalue weighted by Gasteiger charge is 2.52. The summed E-state index contributed by atoms with van der Waals surface area (Å²) in [5.41, 5.74) is 1.63. The van der Waals surface area contributed by atoms with Crippen LogP contribution in [0, 0.1) is 5.92 Å². The Bertz CT molecular complexity index is 538. The zero-order valence-electron chi connectivity index (χ0n) is 11.8. The van der Waals surface area contributed by atoms with Crippen LogP contribution >= 0.6 is 0 Å². The van der Waals surface area contributed by atoms with Gasteiger partial charge in [0.25, 0.3) is 5.91 Å². The summed E-state index contributed by atoms with van der Waals surface area (Å²) in [6, 6.07) is 3.79. The number of rotatable bonds is 1. The number of hydrogen-bond acceptors (Lipinski definition) is 3. The Morgan fingerprint density at radius 2 is 2.15 bits per heavy atom. The molecular formula is C16H21N3O. The SMILES string of the molecule is O=C1c2cccnc2C[C@@]2(C3CCCCC3)NCCN12. The van der Waals surface area contributed by atoms with E-state index in [2.05, 4.69) is 15.2 Å². The number of nitrogens with one attached hydrogen (secondary N) is 1. The third-order valence-corrected chi connectivity index (χ3v) is 5.33. The van der Waals surface area contributed by atoms with E-state index in [9.17, 15) is 4.79 Å². The van der Waals surface area contributed by atoms with Gasteiger partial charge in [-0.2, -0.15) is 0 Å². The van der Waals surface area contributed by atoms with Gasteiger partial charge in [-0.25, -0.2) is 0 Å². The summed E-state index contributed by atoms with van der Waals surface area (Å²) < 4.78 is 0. The van der Waals surface area contributed by atoms with E-state index < -0.39 is 0 Å². The molecule has 2 aliphatic heterocycles. The Hall–Kier alpha value is -1.42. The summed E-state index contributed by atoms with van der Waals surface area (Å²) in [6.07, 6.45) is 9.09. The molecule has 4 nitrogen and oxygen atoms in total. The fraction of sp³-hybridized carbons (Fsp3) is 0.625. The number of nitrogens with zero attached hydrogens (tertiary/aromatic N) is 2. The van der Waals surface area contributed by atoms with Crippen molar-refractivity contribution in [1.82, 2.24) is 15.2 Å². The Kier molecular flexibility index (Phi) is 2.81. The number of fused-ring (bicyclic) bond motifs is 2. The maximum Gasteiger partial charge on any atom is 0.257 e. The highest BCUT2D eigenvalue weighted by atomic mass is 16.2. The standard InChI is InChI=1S/C16H21N3O/c20-15-13-7-4-8-17-14(13)11-16(18-9-10-19(15)16)12-5-2-1-3-6-12/h4,7-8,12,18H,1-3,5-6,9-11H2/t16-/m1/s1. The molecule has 0 aromatic carbocycles. The second kappa shape index (κ2) is 4.55. The topological polar surface area (TPSA) is 45.2 Å². The third kappa shape index (κ3) is 1.64. The Balaban J connectivity index is 1.77. The summed E-state index contributed by atoms with van der Waals surface area (Å²) in [7, 11) is 0. The molecule has 0 unspecified atom stereocenters. The molecule has 4 heteroatoms. The van der Waals surface area contributed by atoms with Crippen LogP contribution in [0.3, 0.4) is 0 Å². The summed E-state index contributed by atoms with van der Waals surface area (Å²) in [4.78, 5) is 19.4. The normalized spacial score (nSPS) is 30.2. The first-order chi connectivity index (χ1) is 9.81. The van der Waals surface area contributed by atoms with Gasteiger partial charge in [0.1, 0.15) is 5.66 Å². The molecule has 1 aromatic heterocycles. The van der Waals surface area contributed by atoms with E-state index in [-0.39, 0.29) is 11.6 Å². The average Bonchev–Trinajstić information content (AvgIpc) is 2.94. The highest BCUT2D eigenvalue weighted by Crippen LogP contribution is 2.42. The van der Waals surface area contributed by atoms with Crippen LogP contribution in [0.15, 0.2) is 18.3 Å². The fourth-order valence-corrected chi connectivity index (χ4v) is 4.38. The maximum absolute atomic E-state index is 12.8. The van der Waals surface area contributed by atoms with Gasteiger partial charge in [-0.05, 0) is 30.9 Å². The van der Waals surface area contributed by atoms with Crippen LogP contribution in [-0.4, -0.2) is 34.5 Å². The number of carbonyl (C=O) groups excluding carboxylic acids is 1. The van der Waals surface area contributed by atoms with Gasteiger partial charge in [-0.15, -0.1) is 0 Å². The van der Waals surface area contributed by atoms with E-state index >= 15 is 0 Å². The van der Waals surface area contributed by atoms with Crippen molar-refractivity contribution in [1.29, 1.82) is 0 Å². The molecule has 1 aromatic rings. The quantitative estimate of drug-likeness (QED) is 0.849. The monoisotopic (exact) mass is 271 g/mol. The lowest BCUT2D eigenvalue weighted by molar-refractivity contribution is 0.0195. The van der Waals surface area contributed by atoms with Crippen molar-refractivity contribution in [2.24, 2.45) is 5.92 Å². The molecule has 0 radical (unpaired) electrons. The molecule has 1 atom stereocenters. The van der Waals surface area contributed by atoms with E-state index in [0.29, 0.717) is 5.92 Å². The largest absolute Gasteiger partial charge is 0.318 e. The molecule has 1 N–H and O–H groups in total. The Labute approximate surface area is 119 Å². The second-order valence-corrected chi connectivity index (χ2v) is 6.32. The van der Waals surface area contributed by atoms with Gasteiger partial charge in [0, 0.05) is 25.7 Å². The average molecular weight is 271 g/mol. The number of aromatic nitrogens is 1. The van der Waals surface area contributed by atoms with Crippen molar-refractivity contribution in [3.05, 3.63) is 29.6 Å². The van der Waals surface area contributed by atoms with E-state index in [1.54, 1.807) is 0 Å². The molecular weight excluding hydrogens is 250 g/mol. The molecule has 1 aliphatic carbocycles. The predicted octanol–water partition coefficient (Wildman–Crippen LogP) is 1.96. The van der Waals surface area contributed by atoms with Crippen LogP contribution in [0.25, 0.3) is 0 Å². The first-order valence-electron chi connectivity index (χ1n) is 7.82. The minimum atomic E-state index is -0.154. The summed E-state index contributed by atoms with van der Waals surface area (Å²) >= 11 is 0. The van der Waals surface area contributed by atoms with E-state index in [1.807, 2.05) is 18.3 Å². The van der Waals surface area contributed by atoms with Gasteiger partial charge in [0.05, 0.1) is 11.3 Å². The van der Waals surface area contributed by atoms with Crippen molar-refractivity contribution < 1.29 is 4.79 Å². The van der Waals surface area contributed by atoms with Crippen LogP contribution in [0.5, 0.6) is 0 Å². The molecule has 0 spiro atoms. The molecule has 1 amide bonds. The minimum absolute atomic E-state index is 0.154. The number of amides is 1. The second-order valence-electron chi connectivity index (χ2n) is 6.32. The molecule has 2 fully saturated rings. The summed E-state index contributed by atoms with van der Waals surface area (Å²) in [5.74, 6) is 0.757.